The van der Waals surface area contributed by atoms with Gasteiger partial charge < -0.3 is 14.2 Å². The van der Waals surface area contributed by atoms with E-state index < -0.39 is 10.0 Å². The molecule has 3 aromatic rings. The van der Waals surface area contributed by atoms with Gasteiger partial charge in [-0.15, -0.1) is 0 Å². The van der Waals surface area contributed by atoms with Crippen molar-refractivity contribution in [2.24, 2.45) is 0 Å². The Labute approximate surface area is 168 Å². The number of nitrogens with zero attached hydrogens (tertiary/aromatic N) is 2. The summed E-state index contributed by atoms with van der Waals surface area (Å²) in [4.78, 5) is 13.5. The molecular formula is C19H20ClN3O4S. The first-order valence-electron chi connectivity index (χ1n) is 8.36. The van der Waals surface area contributed by atoms with Crippen LogP contribution in [0.15, 0.2) is 53.6 Å². The lowest BCUT2D eigenvalue weighted by Crippen LogP contribution is -2.25. The maximum atomic E-state index is 12.6. The standard InChI is InChI=1S/C19H20ClN3O4S/c1-22(2)19(24)12-23-9-8-13-10-14(4-6-17(13)23)21-28(25,26)15-5-7-18(27-3)16(20)11-15/h4-11,21H,12H2,1-3H3. The van der Waals surface area contributed by atoms with E-state index in [0.29, 0.717) is 11.4 Å². The molecule has 2 aromatic carbocycles. The second-order valence-electron chi connectivity index (χ2n) is 6.41. The largest absolute Gasteiger partial charge is 0.495 e. The molecule has 1 aromatic heterocycles. The molecule has 148 valence electrons. The molecule has 0 radical (unpaired) electrons. The van der Waals surface area contributed by atoms with Crippen molar-refractivity contribution in [2.45, 2.75) is 11.4 Å². The number of methoxy groups -OCH3 is 1. The number of halogens is 1. The number of carbonyl (C=O) groups excluding carboxylic acids is 1. The molecule has 0 fully saturated rings. The van der Waals surface area contributed by atoms with Crippen molar-refractivity contribution in [3.8, 4) is 5.75 Å². The molecule has 3 rings (SSSR count). The Kier molecular flexibility index (Phi) is 5.53. The number of sulfonamides is 1. The third-order valence-corrected chi connectivity index (χ3v) is 5.94. The molecule has 0 aliphatic carbocycles. The maximum Gasteiger partial charge on any atom is 0.261 e. The number of benzene rings is 2. The smallest absolute Gasteiger partial charge is 0.261 e. The first kappa shape index (κ1) is 20.0. The zero-order valence-electron chi connectivity index (χ0n) is 15.6. The van der Waals surface area contributed by atoms with Gasteiger partial charge in [-0.2, -0.15) is 0 Å². The zero-order valence-corrected chi connectivity index (χ0v) is 17.2. The number of rotatable bonds is 6. The predicted molar refractivity (Wildman–Crippen MR) is 109 cm³/mol. The summed E-state index contributed by atoms with van der Waals surface area (Å²) in [5.74, 6) is 0.370. The molecule has 1 heterocycles. The minimum absolute atomic E-state index is 0.0290. The van der Waals surface area contributed by atoms with Gasteiger partial charge in [-0.05, 0) is 42.5 Å². The fraction of sp³-hybridized carbons (Fsp3) is 0.211. The van der Waals surface area contributed by atoms with Gasteiger partial charge in [0.05, 0.1) is 17.0 Å². The lowest BCUT2D eigenvalue weighted by molar-refractivity contribution is -0.129. The van der Waals surface area contributed by atoms with Crippen LogP contribution in [0, 0.1) is 0 Å². The highest BCUT2D eigenvalue weighted by Crippen LogP contribution is 2.28. The van der Waals surface area contributed by atoms with Crippen molar-refractivity contribution in [2.75, 3.05) is 25.9 Å². The highest BCUT2D eigenvalue weighted by Gasteiger charge is 2.17. The Hall–Kier alpha value is -2.71. The number of anilines is 1. The fourth-order valence-electron chi connectivity index (χ4n) is 2.72. The molecule has 0 aliphatic heterocycles. The van der Waals surface area contributed by atoms with Crippen LogP contribution >= 0.6 is 11.6 Å². The second-order valence-corrected chi connectivity index (χ2v) is 8.50. The molecule has 9 heteroatoms. The Morgan fingerprint density at radius 3 is 2.57 bits per heavy atom. The highest BCUT2D eigenvalue weighted by atomic mass is 35.5. The van der Waals surface area contributed by atoms with Crippen molar-refractivity contribution in [1.29, 1.82) is 0 Å². The van der Waals surface area contributed by atoms with E-state index in [0.717, 1.165) is 10.9 Å². The topological polar surface area (TPSA) is 80.6 Å². The summed E-state index contributed by atoms with van der Waals surface area (Å²) in [6.07, 6.45) is 1.80. The number of ether oxygens (including phenoxy) is 1. The van der Waals surface area contributed by atoms with Gasteiger partial charge in [-0.25, -0.2) is 8.42 Å². The molecule has 0 bridgehead atoms. The number of nitrogens with one attached hydrogen (secondary N) is 1. The van der Waals surface area contributed by atoms with Crippen LogP contribution in [0.4, 0.5) is 5.69 Å². The van der Waals surface area contributed by atoms with E-state index >= 15 is 0 Å². The molecule has 0 saturated carbocycles. The lowest BCUT2D eigenvalue weighted by atomic mass is 10.2. The number of fused-ring (bicyclic) bond motifs is 1. The first-order valence-corrected chi connectivity index (χ1v) is 10.2. The molecule has 1 amide bonds. The van der Waals surface area contributed by atoms with Gasteiger partial charge in [0.1, 0.15) is 12.3 Å². The van der Waals surface area contributed by atoms with Gasteiger partial charge in [0, 0.05) is 36.9 Å². The summed E-state index contributed by atoms with van der Waals surface area (Å²) in [7, 11) is 1.05. The summed E-state index contributed by atoms with van der Waals surface area (Å²) in [6.45, 7) is 0.214. The third-order valence-electron chi connectivity index (χ3n) is 4.26. The summed E-state index contributed by atoms with van der Waals surface area (Å²) in [5.41, 5.74) is 1.25. The zero-order chi connectivity index (χ0) is 20.5. The molecule has 1 N–H and O–H groups in total. The third kappa shape index (κ3) is 4.07. The summed E-state index contributed by atoms with van der Waals surface area (Å²) >= 11 is 6.03. The summed E-state index contributed by atoms with van der Waals surface area (Å²) in [6, 6.07) is 11.2. The quantitative estimate of drug-likeness (QED) is 0.662. The summed E-state index contributed by atoms with van der Waals surface area (Å²) < 4.78 is 34.7. The van der Waals surface area contributed by atoms with E-state index in [1.165, 1.54) is 30.2 Å². The average molecular weight is 422 g/mol. The van der Waals surface area contributed by atoms with Crippen molar-refractivity contribution < 1.29 is 17.9 Å². The number of hydrogen-bond donors (Lipinski definition) is 1. The minimum atomic E-state index is -3.81. The van der Waals surface area contributed by atoms with Gasteiger partial charge in [0.25, 0.3) is 10.0 Å². The molecule has 0 spiro atoms. The average Bonchev–Trinajstić information content (AvgIpc) is 3.03. The molecular weight excluding hydrogens is 402 g/mol. The van der Waals surface area contributed by atoms with Gasteiger partial charge in [0.15, 0.2) is 0 Å². The number of amides is 1. The van der Waals surface area contributed by atoms with Crippen LogP contribution in [0.3, 0.4) is 0 Å². The molecule has 0 unspecified atom stereocenters. The minimum Gasteiger partial charge on any atom is -0.495 e. The van der Waals surface area contributed by atoms with Crippen LogP contribution in [-0.2, 0) is 21.4 Å². The highest BCUT2D eigenvalue weighted by molar-refractivity contribution is 7.92. The van der Waals surface area contributed by atoms with Crippen LogP contribution < -0.4 is 9.46 Å². The van der Waals surface area contributed by atoms with E-state index in [1.807, 2.05) is 10.6 Å². The van der Waals surface area contributed by atoms with Gasteiger partial charge in [-0.1, -0.05) is 11.6 Å². The maximum absolute atomic E-state index is 12.6. The van der Waals surface area contributed by atoms with Crippen LogP contribution in [-0.4, -0.2) is 45.0 Å². The monoisotopic (exact) mass is 421 g/mol. The van der Waals surface area contributed by atoms with Gasteiger partial charge >= 0.3 is 0 Å². The van der Waals surface area contributed by atoms with Crippen LogP contribution in [0.1, 0.15) is 0 Å². The SMILES string of the molecule is COc1ccc(S(=O)(=O)Nc2ccc3c(ccn3CC(=O)N(C)C)c2)cc1Cl. The molecule has 7 nitrogen and oxygen atoms in total. The number of likely N-dealkylation sites (N-methyl/N-ethyl adjacent to an activating group) is 1. The predicted octanol–water partition coefficient (Wildman–Crippen LogP) is 3.19. The molecule has 0 saturated heterocycles. The lowest BCUT2D eigenvalue weighted by Gasteiger charge is -2.12. The normalized spacial score (nSPS) is 11.4. The van der Waals surface area contributed by atoms with E-state index in [9.17, 15) is 13.2 Å². The number of carbonyl (C=O) groups is 1. The number of hydrogen-bond acceptors (Lipinski definition) is 4. The van der Waals surface area contributed by atoms with E-state index in [1.54, 1.807) is 38.5 Å². The van der Waals surface area contributed by atoms with Crippen LogP contribution in [0.25, 0.3) is 10.9 Å². The Morgan fingerprint density at radius 2 is 1.93 bits per heavy atom. The van der Waals surface area contributed by atoms with Crippen molar-refractivity contribution in [1.82, 2.24) is 9.47 Å². The number of aromatic nitrogens is 1. The Bertz CT molecular complexity index is 1140. The van der Waals surface area contributed by atoms with E-state index in [2.05, 4.69) is 4.72 Å². The Balaban J connectivity index is 1.86. The van der Waals surface area contributed by atoms with Crippen molar-refractivity contribution >= 4 is 44.1 Å². The molecule has 0 aliphatic rings. The van der Waals surface area contributed by atoms with Crippen LogP contribution in [0.5, 0.6) is 5.75 Å². The van der Waals surface area contributed by atoms with Crippen molar-refractivity contribution in [3.63, 3.8) is 0 Å². The van der Waals surface area contributed by atoms with E-state index in [-0.39, 0.29) is 22.4 Å². The molecule has 0 atom stereocenters. The molecule has 28 heavy (non-hydrogen) atoms. The fourth-order valence-corrected chi connectivity index (χ4v) is 4.11. The second kappa shape index (κ2) is 7.73. The van der Waals surface area contributed by atoms with Crippen molar-refractivity contribution in [3.05, 3.63) is 53.7 Å². The van der Waals surface area contributed by atoms with Crippen LogP contribution in [0.2, 0.25) is 5.02 Å². The van der Waals surface area contributed by atoms with E-state index in [4.69, 9.17) is 16.3 Å². The first-order chi connectivity index (χ1) is 13.2. The Morgan fingerprint density at radius 1 is 1.18 bits per heavy atom. The summed E-state index contributed by atoms with van der Waals surface area (Å²) in [5, 5.41) is 1.03. The van der Waals surface area contributed by atoms with Gasteiger partial charge in [-0.3, -0.25) is 9.52 Å². The van der Waals surface area contributed by atoms with Gasteiger partial charge in [0.2, 0.25) is 5.91 Å².